The van der Waals surface area contributed by atoms with Crippen molar-refractivity contribution in [3.05, 3.63) is 34.9 Å². The van der Waals surface area contributed by atoms with Gasteiger partial charge in [-0.1, -0.05) is 6.07 Å². The molecule has 4 nitrogen and oxygen atoms in total. The summed E-state index contributed by atoms with van der Waals surface area (Å²) in [4.78, 5) is 12.0. The van der Waals surface area contributed by atoms with E-state index in [9.17, 15) is 4.79 Å². The van der Waals surface area contributed by atoms with E-state index in [1.165, 1.54) is 18.4 Å². The Morgan fingerprint density at radius 3 is 3.11 bits per heavy atom. The summed E-state index contributed by atoms with van der Waals surface area (Å²) in [5.41, 5.74) is 3.08. The molecule has 0 saturated carbocycles. The van der Waals surface area contributed by atoms with Crippen molar-refractivity contribution in [2.24, 2.45) is 0 Å². The first-order chi connectivity index (χ1) is 9.33. The third kappa shape index (κ3) is 2.96. The van der Waals surface area contributed by atoms with Crippen LogP contribution in [0.2, 0.25) is 0 Å². The van der Waals surface area contributed by atoms with Crippen molar-refractivity contribution in [1.29, 1.82) is 0 Å². The number of fused-ring (bicyclic) bond motifs is 1. The topological polar surface area (TPSA) is 50.4 Å². The van der Waals surface area contributed by atoms with E-state index < -0.39 is 0 Å². The molecule has 2 N–H and O–H groups in total. The zero-order chi connectivity index (χ0) is 13.1. The maximum Gasteiger partial charge on any atom is 0.251 e. The molecule has 0 spiro atoms. The molecule has 1 atom stereocenters. The monoisotopic (exact) mass is 260 g/mol. The molecular formula is C15H20N2O2. The number of hydrogen-bond donors (Lipinski definition) is 2. The summed E-state index contributed by atoms with van der Waals surface area (Å²) in [7, 11) is 0. The lowest BCUT2D eigenvalue weighted by molar-refractivity contribution is 0.0952. The smallest absolute Gasteiger partial charge is 0.251 e. The first-order valence-electron chi connectivity index (χ1n) is 7.04. The zero-order valence-corrected chi connectivity index (χ0v) is 11.1. The summed E-state index contributed by atoms with van der Waals surface area (Å²) < 4.78 is 5.36. The molecule has 4 heteroatoms. The maximum absolute atomic E-state index is 12.0. The Bertz CT molecular complexity index is 467. The summed E-state index contributed by atoms with van der Waals surface area (Å²) in [6.07, 6.45) is 3.50. The molecule has 2 aliphatic heterocycles. The number of hydrogen-bond acceptors (Lipinski definition) is 3. The highest BCUT2D eigenvalue weighted by Crippen LogP contribution is 2.20. The molecule has 0 aliphatic carbocycles. The van der Waals surface area contributed by atoms with Gasteiger partial charge in [0.25, 0.3) is 5.91 Å². The lowest BCUT2D eigenvalue weighted by Crippen LogP contribution is -2.30. The Kier molecular flexibility index (Phi) is 3.80. The Morgan fingerprint density at radius 1 is 1.37 bits per heavy atom. The number of carbonyl (C=O) groups is 1. The van der Waals surface area contributed by atoms with Gasteiger partial charge in [0.05, 0.1) is 13.2 Å². The van der Waals surface area contributed by atoms with Gasteiger partial charge >= 0.3 is 0 Å². The fourth-order valence-corrected chi connectivity index (χ4v) is 2.78. The summed E-state index contributed by atoms with van der Waals surface area (Å²) in [5.74, 6) is 0.0210. The third-order valence-electron chi connectivity index (χ3n) is 3.92. The zero-order valence-electron chi connectivity index (χ0n) is 11.1. The van der Waals surface area contributed by atoms with Gasteiger partial charge in [-0.05, 0) is 49.1 Å². The van der Waals surface area contributed by atoms with E-state index in [4.69, 9.17) is 4.74 Å². The van der Waals surface area contributed by atoms with Crippen molar-refractivity contribution in [3.63, 3.8) is 0 Å². The van der Waals surface area contributed by atoms with Crippen LogP contribution in [0.1, 0.15) is 40.7 Å². The largest absolute Gasteiger partial charge is 0.372 e. The third-order valence-corrected chi connectivity index (χ3v) is 3.92. The number of carbonyl (C=O) groups excluding carboxylic acids is 1. The normalized spacial score (nSPS) is 21.4. The molecule has 1 aromatic carbocycles. The van der Waals surface area contributed by atoms with E-state index in [0.717, 1.165) is 30.6 Å². The quantitative estimate of drug-likeness (QED) is 0.864. The molecule has 0 aromatic heterocycles. The van der Waals surface area contributed by atoms with Crippen LogP contribution in [0.5, 0.6) is 0 Å². The number of rotatable bonds is 4. The van der Waals surface area contributed by atoms with Crippen molar-refractivity contribution < 1.29 is 9.53 Å². The maximum atomic E-state index is 12.0. The van der Waals surface area contributed by atoms with Crippen molar-refractivity contribution in [3.8, 4) is 0 Å². The van der Waals surface area contributed by atoms with Gasteiger partial charge in [0.2, 0.25) is 0 Å². The van der Waals surface area contributed by atoms with Crippen LogP contribution in [0.4, 0.5) is 0 Å². The van der Waals surface area contributed by atoms with Crippen molar-refractivity contribution in [2.75, 3.05) is 13.1 Å². The Labute approximate surface area is 113 Å². The van der Waals surface area contributed by atoms with E-state index in [0.29, 0.717) is 19.3 Å². The van der Waals surface area contributed by atoms with Crippen LogP contribution < -0.4 is 10.6 Å². The van der Waals surface area contributed by atoms with E-state index in [2.05, 4.69) is 10.6 Å². The highest BCUT2D eigenvalue weighted by Gasteiger charge is 2.16. The highest BCUT2D eigenvalue weighted by atomic mass is 16.5. The molecule has 1 fully saturated rings. The average molecular weight is 260 g/mol. The van der Waals surface area contributed by atoms with Crippen LogP contribution in [-0.4, -0.2) is 25.0 Å². The Balaban J connectivity index is 1.52. The molecule has 0 radical (unpaired) electrons. The average Bonchev–Trinajstić information content (AvgIpc) is 3.08. The Morgan fingerprint density at radius 2 is 2.26 bits per heavy atom. The van der Waals surface area contributed by atoms with Gasteiger partial charge in [0, 0.05) is 18.2 Å². The highest BCUT2D eigenvalue weighted by molar-refractivity contribution is 5.94. The summed E-state index contributed by atoms with van der Waals surface area (Å²) >= 11 is 0. The molecule has 19 heavy (non-hydrogen) atoms. The molecule has 2 aliphatic rings. The van der Waals surface area contributed by atoms with Crippen molar-refractivity contribution >= 4 is 5.91 Å². The van der Waals surface area contributed by atoms with Gasteiger partial charge in [0.1, 0.15) is 0 Å². The van der Waals surface area contributed by atoms with Crippen LogP contribution in [0, 0.1) is 0 Å². The predicted molar refractivity (Wildman–Crippen MR) is 72.9 cm³/mol. The fourth-order valence-electron chi connectivity index (χ4n) is 2.78. The van der Waals surface area contributed by atoms with Crippen LogP contribution >= 0.6 is 0 Å². The van der Waals surface area contributed by atoms with Crippen LogP contribution in [0.3, 0.4) is 0 Å². The molecule has 102 valence electrons. The summed E-state index contributed by atoms with van der Waals surface area (Å²) in [6.45, 7) is 3.15. The molecule has 1 saturated heterocycles. The van der Waals surface area contributed by atoms with E-state index in [1.807, 2.05) is 18.2 Å². The Hall–Kier alpha value is -1.39. The van der Waals surface area contributed by atoms with Crippen molar-refractivity contribution in [1.82, 2.24) is 10.6 Å². The van der Waals surface area contributed by atoms with Crippen LogP contribution in [0.15, 0.2) is 18.2 Å². The minimum Gasteiger partial charge on any atom is -0.372 e. The second kappa shape index (κ2) is 5.72. The molecular weight excluding hydrogens is 240 g/mol. The van der Waals surface area contributed by atoms with Gasteiger partial charge in [-0.2, -0.15) is 0 Å². The predicted octanol–water partition coefficient (Wildman–Crippen LogP) is 1.59. The van der Waals surface area contributed by atoms with Gasteiger partial charge in [0.15, 0.2) is 0 Å². The number of ether oxygens (including phenoxy) is 1. The first-order valence-corrected chi connectivity index (χ1v) is 7.04. The second-order valence-electron chi connectivity index (χ2n) is 5.31. The molecule has 0 unspecified atom stereocenters. The molecule has 0 bridgehead atoms. The van der Waals surface area contributed by atoms with Crippen LogP contribution in [0.25, 0.3) is 0 Å². The van der Waals surface area contributed by atoms with Gasteiger partial charge in [-0.15, -0.1) is 0 Å². The lowest BCUT2D eigenvalue weighted by Gasteiger charge is -2.11. The van der Waals surface area contributed by atoms with E-state index >= 15 is 0 Å². The minimum atomic E-state index is 0.0210. The number of amides is 1. The van der Waals surface area contributed by atoms with Gasteiger partial charge < -0.3 is 15.4 Å². The number of nitrogens with one attached hydrogen (secondary N) is 2. The summed E-state index contributed by atoms with van der Waals surface area (Å²) in [6, 6.07) is 6.41. The standard InChI is InChI=1S/C15H20N2O2/c18-15(17-7-5-14-2-1-6-16-14)11-3-4-12-9-19-10-13(12)8-11/h3-4,8,14,16H,1-2,5-7,9-10H2,(H,17,18)/t14-/m1/s1. The molecule has 1 aromatic rings. The minimum absolute atomic E-state index is 0.0210. The molecule has 3 rings (SSSR count). The SMILES string of the molecule is O=C(NCC[C@H]1CCCN1)c1ccc2c(c1)COC2. The second-order valence-corrected chi connectivity index (χ2v) is 5.31. The molecule has 2 heterocycles. The van der Waals surface area contributed by atoms with Gasteiger partial charge in [-0.3, -0.25) is 4.79 Å². The van der Waals surface area contributed by atoms with E-state index in [1.54, 1.807) is 0 Å². The molecule has 1 amide bonds. The number of benzene rings is 1. The fraction of sp³-hybridized carbons (Fsp3) is 0.533. The lowest BCUT2D eigenvalue weighted by atomic mass is 10.1. The first kappa shape index (κ1) is 12.6. The van der Waals surface area contributed by atoms with Crippen molar-refractivity contribution in [2.45, 2.75) is 38.5 Å². The van der Waals surface area contributed by atoms with Gasteiger partial charge in [-0.25, -0.2) is 0 Å². The summed E-state index contributed by atoms with van der Waals surface area (Å²) in [5, 5.41) is 6.43. The van der Waals surface area contributed by atoms with E-state index in [-0.39, 0.29) is 5.91 Å². The van der Waals surface area contributed by atoms with Crippen LogP contribution in [-0.2, 0) is 18.0 Å².